The molecule has 0 aromatic heterocycles. The molecule has 0 bridgehead atoms. The zero-order chi connectivity index (χ0) is 16.7. The van der Waals surface area contributed by atoms with Crippen LogP contribution in [0.2, 0.25) is 0 Å². The van der Waals surface area contributed by atoms with Crippen LogP contribution in [0, 0.1) is 0 Å². The second kappa shape index (κ2) is 9.80. The minimum Gasteiger partial charge on any atom is -0.497 e. The number of carbonyl (C=O) groups excluding carboxylic acids is 1. The first-order valence-electron chi connectivity index (χ1n) is 7.40. The highest BCUT2D eigenvalue weighted by molar-refractivity contribution is 5.85. The molecule has 2 rings (SSSR count). The normalized spacial score (nSPS) is 9.79. The van der Waals surface area contributed by atoms with Gasteiger partial charge >= 0.3 is 0 Å². The molecule has 0 radical (unpaired) electrons. The average Bonchev–Trinajstić information content (AvgIpc) is 2.60. The Hall–Kier alpha value is -2.24. The fraction of sp³-hybridized carbons (Fsp3) is 0.278. The SMILES string of the molecule is COc1cccc(CN(Cc2cccc(OC)c2)C(=O)CN)c1.Cl. The summed E-state index contributed by atoms with van der Waals surface area (Å²) in [6, 6.07) is 15.3. The second-order valence-corrected chi connectivity index (χ2v) is 5.16. The Morgan fingerprint density at radius 2 is 1.42 bits per heavy atom. The van der Waals surface area contributed by atoms with E-state index in [1.165, 1.54) is 0 Å². The Morgan fingerprint density at radius 3 is 1.79 bits per heavy atom. The second-order valence-electron chi connectivity index (χ2n) is 5.16. The first-order valence-corrected chi connectivity index (χ1v) is 7.40. The molecule has 130 valence electrons. The number of amides is 1. The van der Waals surface area contributed by atoms with Gasteiger partial charge in [0.15, 0.2) is 0 Å². The molecule has 5 nitrogen and oxygen atoms in total. The molecule has 0 aliphatic carbocycles. The van der Waals surface area contributed by atoms with E-state index < -0.39 is 0 Å². The van der Waals surface area contributed by atoms with Crippen LogP contribution in [0.25, 0.3) is 0 Å². The molecule has 1 amide bonds. The lowest BCUT2D eigenvalue weighted by molar-refractivity contribution is -0.130. The molecule has 24 heavy (non-hydrogen) atoms. The number of ether oxygens (including phenoxy) is 2. The summed E-state index contributed by atoms with van der Waals surface area (Å²) < 4.78 is 10.5. The maximum atomic E-state index is 12.2. The number of methoxy groups -OCH3 is 2. The van der Waals surface area contributed by atoms with Gasteiger partial charge in [-0.15, -0.1) is 12.4 Å². The van der Waals surface area contributed by atoms with Gasteiger partial charge in [-0.25, -0.2) is 0 Å². The van der Waals surface area contributed by atoms with Gasteiger partial charge in [0, 0.05) is 13.1 Å². The van der Waals surface area contributed by atoms with E-state index in [1.54, 1.807) is 19.1 Å². The molecule has 0 unspecified atom stereocenters. The molecule has 0 aliphatic heterocycles. The molecule has 0 saturated heterocycles. The molecule has 0 aliphatic rings. The molecular formula is C18H23ClN2O3. The highest BCUT2D eigenvalue weighted by atomic mass is 35.5. The first-order chi connectivity index (χ1) is 11.2. The van der Waals surface area contributed by atoms with E-state index in [4.69, 9.17) is 15.2 Å². The van der Waals surface area contributed by atoms with Gasteiger partial charge in [-0.1, -0.05) is 24.3 Å². The number of carbonyl (C=O) groups is 1. The van der Waals surface area contributed by atoms with Gasteiger partial charge in [0.2, 0.25) is 5.91 Å². The molecular weight excluding hydrogens is 328 g/mol. The average molecular weight is 351 g/mol. The van der Waals surface area contributed by atoms with Crippen LogP contribution in [-0.2, 0) is 17.9 Å². The minimum absolute atomic E-state index is 0. The molecule has 0 saturated carbocycles. The Morgan fingerprint density at radius 1 is 0.958 bits per heavy atom. The number of halogens is 1. The fourth-order valence-electron chi connectivity index (χ4n) is 2.34. The largest absolute Gasteiger partial charge is 0.497 e. The van der Waals surface area contributed by atoms with E-state index >= 15 is 0 Å². The van der Waals surface area contributed by atoms with Crippen molar-refractivity contribution in [2.24, 2.45) is 5.73 Å². The van der Waals surface area contributed by atoms with E-state index in [0.29, 0.717) is 13.1 Å². The maximum absolute atomic E-state index is 12.2. The number of nitrogens with two attached hydrogens (primary N) is 1. The highest BCUT2D eigenvalue weighted by Gasteiger charge is 2.14. The lowest BCUT2D eigenvalue weighted by atomic mass is 10.1. The number of benzene rings is 2. The van der Waals surface area contributed by atoms with Crippen molar-refractivity contribution in [2.75, 3.05) is 20.8 Å². The van der Waals surface area contributed by atoms with Crippen molar-refractivity contribution < 1.29 is 14.3 Å². The van der Waals surface area contributed by atoms with Gasteiger partial charge in [-0.05, 0) is 35.4 Å². The van der Waals surface area contributed by atoms with E-state index in [0.717, 1.165) is 22.6 Å². The summed E-state index contributed by atoms with van der Waals surface area (Å²) in [6.45, 7) is 0.933. The summed E-state index contributed by atoms with van der Waals surface area (Å²) >= 11 is 0. The van der Waals surface area contributed by atoms with Gasteiger partial charge in [0.25, 0.3) is 0 Å². The minimum atomic E-state index is -0.101. The zero-order valence-corrected chi connectivity index (χ0v) is 14.7. The highest BCUT2D eigenvalue weighted by Crippen LogP contribution is 2.18. The Kier molecular flexibility index (Phi) is 8.09. The van der Waals surface area contributed by atoms with Gasteiger partial charge in [0.1, 0.15) is 11.5 Å². The van der Waals surface area contributed by atoms with E-state index in [1.807, 2.05) is 48.5 Å². The van der Waals surface area contributed by atoms with Gasteiger partial charge in [-0.3, -0.25) is 4.79 Å². The molecule has 2 aromatic carbocycles. The quantitative estimate of drug-likeness (QED) is 0.833. The third-order valence-electron chi connectivity index (χ3n) is 3.54. The third kappa shape index (κ3) is 5.44. The third-order valence-corrected chi connectivity index (χ3v) is 3.54. The molecule has 0 atom stereocenters. The van der Waals surface area contributed by atoms with Crippen LogP contribution < -0.4 is 15.2 Å². The molecule has 2 N–H and O–H groups in total. The summed E-state index contributed by atoms with van der Waals surface area (Å²) in [6.07, 6.45) is 0. The van der Waals surface area contributed by atoms with Crippen LogP contribution in [0.3, 0.4) is 0 Å². The Bertz CT molecular complexity index is 615. The maximum Gasteiger partial charge on any atom is 0.236 e. The monoisotopic (exact) mass is 350 g/mol. The summed E-state index contributed by atoms with van der Waals surface area (Å²) in [5.74, 6) is 1.43. The van der Waals surface area contributed by atoms with Crippen LogP contribution in [0.4, 0.5) is 0 Å². The fourth-order valence-corrected chi connectivity index (χ4v) is 2.34. The summed E-state index contributed by atoms with van der Waals surface area (Å²) in [4.78, 5) is 13.9. The van der Waals surface area contributed by atoms with Crippen molar-refractivity contribution in [3.63, 3.8) is 0 Å². The molecule has 6 heteroatoms. The first kappa shape index (κ1) is 19.8. The van der Waals surface area contributed by atoms with Gasteiger partial charge in [0.05, 0.1) is 20.8 Å². The van der Waals surface area contributed by atoms with Crippen LogP contribution in [0.5, 0.6) is 11.5 Å². The number of hydrogen-bond acceptors (Lipinski definition) is 4. The van der Waals surface area contributed by atoms with Crippen LogP contribution in [0.1, 0.15) is 11.1 Å². The topological polar surface area (TPSA) is 64.8 Å². The van der Waals surface area contributed by atoms with Crippen molar-refractivity contribution >= 4 is 18.3 Å². The van der Waals surface area contributed by atoms with Crippen molar-refractivity contribution in [1.82, 2.24) is 4.90 Å². The Balaban J connectivity index is 0.00000288. The van der Waals surface area contributed by atoms with Crippen molar-refractivity contribution in [3.8, 4) is 11.5 Å². The summed E-state index contributed by atoms with van der Waals surface area (Å²) in [5.41, 5.74) is 7.54. The lowest BCUT2D eigenvalue weighted by Gasteiger charge is -2.23. The van der Waals surface area contributed by atoms with Crippen molar-refractivity contribution in [1.29, 1.82) is 0 Å². The summed E-state index contributed by atoms with van der Waals surface area (Å²) in [7, 11) is 3.25. The van der Waals surface area contributed by atoms with Gasteiger partial charge in [-0.2, -0.15) is 0 Å². The number of nitrogens with zero attached hydrogens (tertiary/aromatic N) is 1. The van der Waals surface area contributed by atoms with Crippen LogP contribution in [0.15, 0.2) is 48.5 Å². The van der Waals surface area contributed by atoms with Crippen LogP contribution in [-0.4, -0.2) is 31.6 Å². The zero-order valence-electron chi connectivity index (χ0n) is 13.9. The molecule has 0 heterocycles. The van der Waals surface area contributed by atoms with E-state index in [2.05, 4.69) is 0 Å². The predicted octanol–water partition coefficient (Wildman–Crippen LogP) is 2.61. The Labute approximate surface area is 148 Å². The number of hydrogen-bond donors (Lipinski definition) is 1. The smallest absolute Gasteiger partial charge is 0.236 e. The predicted molar refractivity (Wildman–Crippen MR) is 96.5 cm³/mol. The lowest BCUT2D eigenvalue weighted by Crippen LogP contribution is -2.35. The van der Waals surface area contributed by atoms with Crippen molar-refractivity contribution in [2.45, 2.75) is 13.1 Å². The van der Waals surface area contributed by atoms with Crippen molar-refractivity contribution in [3.05, 3.63) is 59.7 Å². The molecule has 0 spiro atoms. The molecule has 2 aromatic rings. The summed E-state index contributed by atoms with van der Waals surface area (Å²) in [5, 5.41) is 0. The van der Waals surface area contributed by atoms with Crippen LogP contribution >= 0.6 is 12.4 Å². The number of rotatable bonds is 7. The van der Waals surface area contributed by atoms with E-state index in [9.17, 15) is 4.79 Å². The standard InChI is InChI=1S/C18H22N2O3.ClH/c1-22-16-7-3-5-14(9-16)12-20(18(21)11-19)13-15-6-4-8-17(10-15)23-2;/h3-10H,11-13,19H2,1-2H3;1H. The van der Waals surface area contributed by atoms with E-state index in [-0.39, 0.29) is 24.9 Å². The molecule has 0 fully saturated rings. The van der Waals surface area contributed by atoms with Gasteiger partial charge < -0.3 is 20.1 Å².